The predicted molar refractivity (Wildman–Crippen MR) is 168 cm³/mol. The summed E-state index contributed by atoms with van der Waals surface area (Å²) in [7, 11) is -2.23. The molecule has 0 saturated carbocycles. The number of hydrogen-bond acceptors (Lipinski definition) is 9. The fraction of sp³-hybridized carbons (Fsp3) is 0.452. The fourth-order valence-corrected chi connectivity index (χ4v) is 6.89. The minimum atomic E-state index is -4.50. The van der Waals surface area contributed by atoms with Gasteiger partial charge in [-0.05, 0) is 24.3 Å². The van der Waals surface area contributed by atoms with Gasteiger partial charge in [-0.3, -0.25) is 14.4 Å². The number of hydrogen-bond donors (Lipinski definition) is 2. The van der Waals surface area contributed by atoms with E-state index in [0.29, 0.717) is 72.9 Å². The molecule has 3 aromatic rings. The predicted octanol–water partition coefficient (Wildman–Crippen LogP) is 2.81. The molecular weight excluding hydrogens is 641 g/mol. The van der Waals surface area contributed by atoms with E-state index in [0.717, 1.165) is 24.1 Å². The van der Waals surface area contributed by atoms with E-state index in [-0.39, 0.29) is 25.5 Å². The number of fused-ring (bicyclic) bond motifs is 1. The largest absolute Gasteiger partial charge is 0.465 e. The molecule has 2 N–H and O–H groups in total. The summed E-state index contributed by atoms with van der Waals surface area (Å²) in [5.74, 6) is -0.802. The minimum Gasteiger partial charge on any atom is -0.465 e. The van der Waals surface area contributed by atoms with Crippen molar-refractivity contribution in [3.05, 3.63) is 64.8 Å². The van der Waals surface area contributed by atoms with Gasteiger partial charge < -0.3 is 20.1 Å². The van der Waals surface area contributed by atoms with E-state index in [1.54, 1.807) is 22.9 Å². The zero-order valence-electron chi connectivity index (χ0n) is 26.2. The number of amides is 1. The minimum absolute atomic E-state index is 0.0239. The molecule has 5 rings (SSSR count). The molecule has 1 aromatic heterocycles. The number of anilines is 2. The van der Waals surface area contributed by atoms with Crippen molar-refractivity contribution in [1.29, 1.82) is 0 Å². The number of carbonyl (C=O) groups is 2. The summed E-state index contributed by atoms with van der Waals surface area (Å²) in [4.78, 5) is 28.4. The Bertz CT molecular complexity index is 1740. The molecule has 0 radical (unpaired) electrons. The number of ether oxygens (including phenoxy) is 1. The van der Waals surface area contributed by atoms with Crippen LogP contribution in [0.25, 0.3) is 11.3 Å². The number of para-hydroxylation sites is 1. The number of esters is 1. The lowest BCUT2D eigenvalue weighted by Crippen LogP contribution is -2.49. The van der Waals surface area contributed by atoms with Crippen LogP contribution in [0.4, 0.5) is 24.5 Å². The molecule has 3 heterocycles. The first-order chi connectivity index (χ1) is 22.2. The monoisotopic (exact) mass is 678 g/mol. The second-order valence-electron chi connectivity index (χ2n) is 11.7. The molecule has 1 fully saturated rings. The lowest BCUT2D eigenvalue weighted by Gasteiger charge is -2.38. The topological polar surface area (TPSA) is 137 Å². The van der Waals surface area contributed by atoms with Crippen molar-refractivity contribution in [2.75, 3.05) is 62.9 Å². The van der Waals surface area contributed by atoms with E-state index in [2.05, 4.69) is 15.3 Å². The summed E-state index contributed by atoms with van der Waals surface area (Å²) in [6.07, 6.45) is -3.93. The molecule has 0 bridgehead atoms. The van der Waals surface area contributed by atoms with Crippen LogP contribution in [0.1, 0.15) is 34.1 Å². The number of aliphatic hydroxyl groups is 1. The van der Waals surface area contributed by atoms with Crippen LogP contribution in [0.3, 0.4) is 0 Å². The molecule has 12 nitrogen and oxygen atoms in total. The van der Waals surface area contributed by atoms with Crippen molar-refractivity contribution in [1.82, 2.24) is 19.0 Å². The highest BCUT2D eigenvalue weighted by Crippen LogP contribution is 2.35. The first-order valence-corrected chi connectivity index (χ1v) is 16.9. The smallest absolute Gasteiger partial charge is 0.416 e. The van der Waals surface area contributed by atoms with Crippen molar-refractivity contribution >= 4 is 33.3 Å². The number of β-amino-alcohol motifs (C(OH)–C–C–N with tert-alkyl or cyclic N) is 1. The SMILES string of the molecule is COC(=O)c1cccc(NC(C)=O)c1N1CCN(CC(O)Cn2nc(-c3ccc(C(F)(F)F)cc3)c3c2CCN(S(C)(=O)=O)C3)CC1. The molecular formula is C31H37F3N6O6S. The van der Waals surface area contributed by atoms with Gasteiger partial charge in [-0.25, -0.2) is 13.2 Å². The molecule has 1 amide bonds. The average molecular weight is 679 g/mol. The van der Waals surface area contributed by atoms with Crippen LogP contribution in [0.15, 0.2) is 42.5 Å². The van der Waals surface area contributed by atoms with E-state index in [1.807, 2.05) is 4.90 Å². The van der Waals surface area contributed by atoms with Gasteiger partial charge in [0.25, 0.3) is 0 Å². The van der Waals surface area contributed by atoms with Crippen LogP contribution in [-0.2, 0) is 45.2 Å². The van der Waals surface area contributed by atoms with E-state index in [9.17, 15) is 36.3 Å². The molecule has 2 aromatic carbocycles. The lowest BCUT2D eigenvalue weighted by molar-refractivity contribution is -0.137. The molecule has 0 aliphatic carbocycles. The molecule has 47 heavy (non-hydrogen) atoms. The number of aliphatic hydroxyl groups excluding tert-OH is 1. The van der Waals surface area contributed by atoms with Gasteiger partial charge in [0.15, 0.2) is 0 Å². The fourth-order valence-electron chi connectivity index (χ4n) is 6.11. The van der Waals surface area contributed by atoms with E-state index < -0.39 is 33.8 Å². The molecule has 0 spiro atoms. The van der Waals surface area contributed by atoms with Crippen LogP contribution < -0.4 is 10.2 Å². The van der Waals surface area contributed by atoms with Crippen LogP contribution in [0.2, 0.25) is 0 Å². The van der Waals surface area contributed by atoms with Gasteiger partial charge in [-0.15, -0.1) is 0 Å². The average Bonchev–Trinajstić information content (AvgIpc) is 3.37. The zero-order chi connectivity index (χ0) is 34.1. The number of nitrogens with zero attached hydrogens (tertiary/aromatic N) is 5. The van der Waals surface area contributed by atoms with Crippen molar-refractivity contribution < 1.29 is 41.0 Å². The number of piperazine rings is 1. The number of halogens is 3. The van der Waals surface area contributed by atoms with Gasteiger partial charge in [-0.2, -0.15) is 22.6 Å². The number of alkyl halides is 3. The van der Waals surface area contributed by atoms with Gasteiger partial charge in [-0.1, -0.05) is 18.2 Å². The third-order valence-corrected chi connectivity index (χ3v) is 9.60. The summed E-state index contributed by atoms with van der Waals surface area (Å²) >= 11 is 0. The number of sulfonamides is 1. The molecule has 2 aliphatic heterocycles. The number of aromatic nitrogens is 2. The summed E-state index contributed by atoms with van der Waals surface area (Å²) < 4.78 is 72.1. The maximum absolute atomic E-state index is 13.2. The summed E-state index contributed by atoms with van der Waals surface area (Å²) in [5.41, 5.74) is 2.71. The van der Waals surface area contributed by atoms with Gasteiger partial charge in [0.2, 0.25) is 15.9 Å². The number of benzene rings is 2. The van der Waals surface area contributed by atoms with Gasteiger partial charge in [0.05, 0.1) is 54.2 Å². The second kappa shape index (κ2) is 13.6. The highest BCUT2D eigenvalue weighted by Gasteiger charge is 2.33. The second-order valence-corrected chi connectivity index (χ2v) is 13.7. The molecule has 1 saturated heterocycles. The van der Waals surface area contributed by atoms with Gasteiger partial charge >= 0.3 is 12.1 Å². The summed E-state index contributed by atoms with van der Waals surface area (Å²) in [6.45, 7) is 4.12. The first-order valence-electron chi connectivity index (χ1n) is 15.0. The van der Waals surface area contributed by atoms with E-state index in [1.165, 1.54) is 30.5 Å². The Labute approximate surface area is 270 Å². The van der Waals surface area contributed by atoms with E-state index in [4.69, 9.17) is 4.74 Å². The highest BCUT2D eigenvalue weighted by molar-refractivity contribution is 7.88. The third kappa shape index (κ3) is 7.77. The maximum atomic E-state index is 13.2. The normalized spacial score (nSPS) is 16.9. The molecule has 1 unspecified atom stereocenters. The van der Waals surface area contributed by atoms with E-state index >= 15 is 0 Å². The van der Waals surface area contributed by atoms with Gasteiger partial charge in [0.1, 0.15) is 0 Å². The summed E-state index contributed by atoms with van der Waals surface area (Å²) in [5, 5.41) is 18.6. The number of methoxy groups -OCH3 is 1. The number of carbonyl (C=O) groups excluding carboxylic acids is 2. The molecule has 1 atom stereocenters. The zero-order valence-corrected chi connectivity index (χ0v) is 27.1. The van der Waals surface area contributed by atoms with Gasteiger partial charge in [0, 0.05) is 76.0 Å². The molecule has 2 aliphatic rings. The van der Waals surface area contributed by atoms with Crippen molar-refractivity contribution in [2.24, 2.45) is 0 Å². The summed E-state index contributed by atoms with van der Waals surface area (Å²) in [6, 6.07) is 9.61. The Balaban J connectivity index is 1.31. The lowest BCUT2D eigenvalue weighted by atomic mass is 10.0. The van der Waals surface area contributed by atoms with Crippen molar-refractivity contribution in [3.63, 3.8) is 0 Å². The maximum Gasteiger partial charge on any atom is 0.416 e. The van der Waals surface area contributed by atoms with Crippen LogP contribution in [0.5, 0.6) is 0 Å². The Morgan fingerprint density at radius 1 is 1.04 bits per heavy atom. The standard InChI is InChI=1S/C31H37F3N6O6S/c1-20(41)35-26-6-4-5-24(30(43)46-2)29(26)38-15-13-37(14-16-38)17-23(42)18-40-27-11-12-39(47(3,44)45)19-25(27)28(36-40)21-7-9-22(10-8-21)31(32,33)34/h4-10,23,42H,11-19H2,1-3H3,(H,35,41). The first kappa shape index (κ1) is 34.3. The molecule has 16 heteroatoms. The van der Waals surface area contributed by atoms with Crippen molar-refractivity contribution in [3.8, 4) is 11.3 Å². The Kier molecular flexibility index (Phi) is 9.96. The molecule has 254 valence electrons. The van der Waals surface area contributed by atoms with Crippen LogP contribution >= 0.6 is 0 Å². The van der Waals surface area contributed by atoms with Crippen LogP contribution in [-0.4, -0.2) is 103 Å². The number of nitrogens with one attached hydrogen (secondary N) is 1. The quantitative estimate of drug-likeness (QED) is 0.328. The highest BCUT2D eigenvalue weighted by atomic mass is 32.2. The Hall–Kier alpha value is -3.99. The van der Waals surface area contributed by atoms with Crippen molar-refractivity contribution in [2.45, 2.75) is 38.7 Å². The Morgan fingerprint density at radius 2 is 1.72 bits per heavy atom. The number of rotatable bonds is 9. The van der Waals surface area contributed by atoms with Crippen LogP contribution in [0, 0.1) is 0 Å². The third-order valence-electron chi connectivity index (χ3n) is 8.35. The Morgan fingerprint density at radius 3 is 2.32 bits per heavy atom.